The van der Waals surface area contributed by atoms with E-state index in [0.717, 1.165) is 25.1 Å². The fraction of sp³-hybridized carbons (Fsp3) is 0.533. The van der Waals surface area contributed by atoms with Crippen LogP contribution >= 0.6 is 0 Å². The van der Waals surface area contributed by atoms with Gasteiger partial charge in [0.15, 0.2) is 0 Å². The molecule has 2 N–H and O–H groups in total. The lowest BCUT2D eigenvalue weighted by Crippen LogP contribution is -2.47. The van der Waals surface area contributed by atoms with Crippen molar-refractivity contribution >= 4 is 5.91 Å². The van der Waals surface area contributed by atoms with Gasteiger partial charge < -0.3 is 15.4 Å². The lowest BCUT2D eigenvalue weighted by molar-refractivity contribution is 0.0819. The summed E-state index contributed by atoms with van der Waals surface area (Å²) in [7, 11) is 1.64. The summed E-state index contributed by atoms with van der Waals surface area (Å²) in [5.41, 5.74) is 2.83. The third-order valence-electron chi connectivity index (χ3n) is 3.34. The highest BCUT2D eigenvalue weighted by Crippen LogP contribution is 2.19. The van der Waals surface area contributed by atoms with Crippen molar-refractivity contribution in [2.75, 3.05) is 20.3 Å². The molecule has 1 aliphatic rings. The van der Waals surface area contributed by atoms with Crippen molar-refractivity contribution in [1.82, 2.24) is 10.6 Å². The molecule has 4 nitrogen and oxygen atoms in total. The van der Waals surface area contributed by atoms with Gasteiger partial charge in [0, 0.05) is 19.2 Å². The van der Waals surface area contributed by atoms with Gasteiger partial charge in [0.1, 0.15) is 0 Å². The van der Waals surface area contributed by atoms with Crippen LogP contribution in [-0.4, -0.2) is 31.7 Å². The molecular weight excluding hydrogens is 240 g/mol. The predicted molar refractivity (Wildman–Crippen MR) is 75.3 cm³/mol. The Kier molecular flexibility index (Phi) is 4.22. The average Bonchev–Trinajstić information content (AvgIpc) is 2.37. The number of carbonyl (C=O) groups excluding carboxylic acids is 1. The summed E-state index contributed by atoms with van der Waals surface area (Å²) >= 11 is 0. The third-order valence-corrected chi connectivity index (χ3v) is 3.34. The van der Waals surface area contributed by atoms with E-state index in [1.54, 1.807) is 7.11 Å². The fourth-order valence-corrected chi connectivity index (χ4v) is 2.52. The van der Waals surface area contributed by atoms with Gasteiger partial charge >= 0.3 is 0 Å². The highest BCUT2D eigenvalue weighted by Gasteiger charge is 2.23. The summed E-state index contributed by atoms with van der Waals surface area (Å²) < 4.78 is 5.13. The number of ether oxygens (including phenoxy) is 1. The molecule has 0 radical (unpaired) electrons. The molecule has 1 aromatic rings. The first-order valence-corrected chi connectivity index (χ1v) is 6.66. The number of carbonyl (C=O) groups is 1. The molecule has 4 heteroatoms. The smallest absolute Gasteiger partial charge is 0.252 e. The molecule has 0 saturated carbocycles. The van der Waals surface area contributed by atoms with Gasteiger partial charge in [-0.2, -0.15) is 0 Å². The molecule has 1 aromatic carbocycles. The van der Waals surface area contributed by atoms with Crippen molar-refractivity contribution in [2.45, 2.75) is 32.4 Å². The quantitative estimate of drug-likeness (QED) is 0.864. The first kappa shape index (κ1) is 14.0. The minimum absolute atomic E-state index is 0.0131. The lowest BCUT2D eigenvalue weighted by Gasteiger charge is -2.27. The Hall–Kier alpha value is -1.39. The maximum absolute atomic E-state index is 12.4. The standard InChI is InChI=1S/C15H22N2O2/c1-15(2,10-19-3)17-14(18)13-6-4-5-11-9-16-8-7-12(11)13/h4-6,16H,7-10H2,1-3H3,(H,17,18). The van der Waals surface area contributed by atoms with Crippen molar-refractivity contribution in [3.05, 3.63) is 34.9 Å². The van der Waals surface area contributed by atoms with Gasteiger partial charge in [-0.15, -0.1) is 0 Å². The highest BCUT2D eigenvalue weighted by molar-refractivity contribution is 5.96. The van der Waals surface area contributed by atoms with Crippen LogP contribution in [0.25, 0.3) is 0 Å². The maximum atomic E-state index is 12.4. The minimum atomic E-state index is -0.360. The second kappa shape index (κ2) is 5.72. The molecule has 1 amide bonds. The van der Waals surface area contributed by atoms with E-state index in [2.05, 4.69) is 16.7 Å². The van der Waals surface area contributed by atoms with Gasteiger partial charge in [0.05, 0.1) is 12.1 Å². The van der Waals surface area contributed by atoms with Crippen LogP contribution in [0, 0.1) is 0 Å². The molecule has 0 spiro atoms. The van der Waals surface area contributed by atoms with Crippen LogP contribution in [0.5, 0.6) is 0 Å². The van der Waals surface area contributed by atoms with E-state index >= 15 is 0 Å². The molecule has 0 fully saturated rings. The number of fused-ring (bicyclic) bond motifs is 1. The Bertz CT molecular complexity index is 469. The number of nitrogens with one attached hydrogen (secondary N) is 2. The Morgan fingerprint density at radius 2 is 2.26 bits per heavy atom. The van der Waals surface area contributed by atoms with Crippen molar-refractivity contribution in [3.8, 4) is 0 Å². The summed E-state index contributed by atoms with van der Waals surface area (Å²) in [6, 6.07) is 5.94. The molecule has 0 aromatic heterocycles. The fourth-order valence-electron chi connectivity index (χ4n) is 2.52. The maximum Gasteiger partial charge on any atom is 0.252 e. The van der Waals surface area contributed by atoms with Gasteiger partial charge in [-0.1, -0.05) is 12.1 Å². The molecule has 104 valence electrons. The van der Waals surface area contributed by atoms with Crippen LogP contribution in [0.15, 0.2) is 18.2 Å². The SMILES string of the molecule is COCC(C)(C)NC(=O)c1cccc2c1CCNC2. The summed E-state index contributed by atoms with van der Waals surface area (Å²) in [5.74, 6) is -0.0131. The Labute approximate surface area is 114 Å². The number of methoxy groups -OCH3 is 1. The minimum Gasteiger partial charge on any atom is -0.382 e. The van der Waals surface area contributed by atoms with Gasteiger partial charge in [-0.25, -0.2) is 0 Å². The van der Waals surface area contributed by atoms with E-state index in [4.69, 9.17) is 4.74 Å². The van der Waals surface area contributed by atoms with Crippen LogP contribution in [0.1, 0.15) is 35.3 Å². The van der Waals surface area contributed by atoms with Crippen LogP contribution in [0.4, 0.5) is 0 Å². The third kappa shape index (κ3) is 3.33. The molecule has 1 aliphatic heterocycles. The predicted octanol–water partition coefficient (Wildman–Crippen LogP) is 1.49. The summed E-state index contributed by atoms with van der Waals surface area (Å²) in [4.78, 5) is 12.4. The lowest BCUT2D eigenvalue weighted by atomic mass is 9.94. The molecule has 0 bridgehead atoms. The molecule has 0 atom stereocenters. The van der Waals surface area contributed by atoms with Crippen LogP contribution in [0.2, 0.25) is 0 Å². The molecular formula is C15H22N2O2. The highest BCUT2D eigenvalue weighted by atomic mass is 16.5. The van der Waals surface area contributed by atoms with Crippen molar-refractivity contribution in [2.24, 2.45) is 0 Å². The molecule has 19 heavy (non-hydrogen) atoms. The van der Waals surface area contributed by atoms with E-state index in [1.165, 1.54) is 11.1 Å². The van der Waals surface area contributed by atoms with E-state index in [-0.39, 0.29) is 11.4 Å². The van der Waals surface area contributed by atoms with E-state index in [0.29, 0.717) is 6.61 Å². The number of hydrogen-bond donors (Lipinski definition) is 2. The number of benzene rings is 1. The van der Waals surface area contributed by atoms with E-state index in [9.17, 15) is 4.79 Å². The number of hydrogen-bond acceptors (Lipinski definition) is 3. The topological polar surface area (TPSA) is 50.4 Å². The van der Waals surface area contributed by atoms with Gasteiger partial charge in [0.25, 0.3) is 5.91 Å². The second-order valence-corrected chi connectivity index (χ2v) is 5.64. The van der Waals surface area contributed by atoms with Crippen molar-refractivity contribution in [1.29, 1.82) is 0 Å². The molecule has 1 heterocycles. The Morgan fingerprint density at radius 3 is 3.00 bits per heavy atom. The Balaban J connectivity index is 2.20. The van der Waals surface area contributed by atoms with Gasteiger partial charge in [-0.3, -0.25) is 4.79 Å². The molecule has 0 unspecified atom stereocenters. The van der Waals surface area contributed by atoms with Crippen LogP contribution < -0.4 is 10.6 Å². The van der Waals surface area contributed by atoms with Gasteiger partial charge in [-0.05, 0) is 44.0 Å². The average molecular weight is 262 g/mol. The number of amides is 1. The zero-order chi connectivity index (χ0) is 13.9. The summed E-state index contributed by atoms with van der Waals surface area (Å²) in [6.07, 6.45) is 0.906. The second-order valence-electron chi connectivity index (χ2n) is 5.64. The first-order valence-electron chi connectivity index (χ1n) is 6.66. The Morgan fingerprint density at radius 1 is 1.47 bits per heavy atom. The van der Waals surface area contributed by atoms with E-state index in [1.807, 2.05) is 26.0 Å². The van der Waals surface area contributed by atoms with Crippen LogP contribution in [-0.2, 0) is 17.7 Å². The first-order chi connectivity index (χ1) is 9.03. The summed E-state index contributed by atoms with van der Waals surface area (Å²) in [5, 5.41) is 6.36. The van der Waals surface area contributed by atoms with Crippen molar-refractivity contribution in [3.63, 3.8) is 0 Å². The molecule has 0 saturated heterocycles. The monoisotopic (exact) mass is 262 g/mol. The summed E-state index contributed by atoms with van der Waals surface area (Å²) in [6.45, 7) is 6.20. The van der Waals surface area contributed by atoms with E-state index < -0.39 is 0 Å². The zero-order valence-corrected chi connectivity index (χ0v) is 11.9. The normalized spacial score (nSPS) is 14.9. The molecule has 0 aliphatic carbocycles. The number of rotatable bonds is 4. The molecule has 2 rings (SSSR count). The van der Waals surface area contributed by atoms with Crippen LogP contribution in [0.3, 0.4) is 0 Å². The van der Waals surface area contributed by atoms with Gasteiger partial charge in [0.2, 0.25) is 0 Å². The zero-order valence-electron chi connectivity index (χ0n) is 11.9. The van der Waals surface area contributed by atoms with Crippen molar-refractivity contribution < 1.29 is 9.53 Å². The largest absolute Gasteiger partial charge is 0.382 e.